The Bertz CT molecular complexity index is 223. The molecular formula is C11H18ClNO2. The van der Waals surface area contributed by atoms with Crippen LogP contribution in [0.3, 0.4) is 0 Å². The van der Waals surface area contributed by atoms with Crippen molar-refractivity contribution in [1.82, 2.24) is 4.90 Å². The molecule has 0 aromatic carbocycles. The smallest absolute Gasteiger partial charge is 0.225 e. The van der Waals surface area contributed by atoms with Gasteiger partial charge in [0.2, 0.25) is 5.91 Å². The van der Waals surface area contributed by atoms with Crippen LogP contribution in [0.4, 0.5) is 0 Å². The van der Waals surface area contributed by atoms with Gasteiger partial charge in [0.1, 0.15) is 0 Å². The van der Waals surface area contributed by atoms with Crippen LogP contribution in [0.5, 0.6) is 0 Å². The van der Waals surface area contributed by atoms with Crippen molar-refractivity contribution >= 4 is 17.5 Å². The number of ether oxygens (including phenoxy) is 1. The third-order valence-electron chi connectivity index (χ3n) is 3.11. The van der Waals surface area contributed by atoms with Crippen molar-refractivity contribution in [3.63, 3.8) is 0 Å². The van der Waals surface area contributed by atoms with Crippen LogP contribution in [0.15, 0.2) is 0 Å². The van der Waals surface area contributed by atoms with Crippen LogP contribution in [-0.2, 0) is 9.53 Å². The van der Waals surface area contributed by atoms with Crippen LogP contribution < -0.4 is 0 Å². The fraction of sp³-hybridized carbons (Fsp3) is 0.909. The van der Waals surface area contributed by atoms with E-state index in [2.05, 4.69) is 0 Å². The first-order valence-electron chi connectivity index (χ1n) is 5.77. The van der Waals surface area contributed by atoms with E-state index in [1.165, 1.54) is 0 Å². The molecule has 2 aliphatic rings. The molecule has 2 rings (SSSR count). The average Bonchev–Trinajstić information content (AvgIpc) is 3.10. The SMILES string of the molecule is O=C(C1CC1)N1CCC(OCCCl)CC1. The van der Waals surface area contributed by atoms with Crippen molar-refractivity contribution in [2.24, 2.45) is 5.92 Å². The molecule has 0 spiro atoms. The summed E-state index contributed by atoms with van der Waals surface area (Å²) in [5, 5.41) is 0. The van der Waals surface area contributed by atoms with Gasteiger partial charge in [-0.05, 0) is 25.7 Å². The number of hydrogen-bond donors (Lipinski definition) is 0. The van der Waals surface area contributed by atoms with Gasteiger partial charge in [-0.1, -0.05) is 0 Å². The molecule has 3 nitrogen and oxygen atoms in total. The van der Waals surface area contributed by atoms with Crippen LogP contribution in [0.1, 0.15) is 25.7 Å². The average molecular weight is 232 g/mol. The molecule has 0 bridgehead atoms. The molecule has 1 heterocycles. The topological polar surface area (TPSA) is 29.5 Å². The zero-order valence-electron chi connectivity index (χ0n) is 8.95. The molecule has 0 unspecified atom stereocenters. The Balaban J connectivity index is 1.69. The van der Waals surface area contributed by atoms with E-state index in [-0.39, 0.29) is 0 Å². The second-order valence-corrected chi connectivity index (χ2v) is 4.74. The third-order valence-corrected chi connectivity index (χ3v) is 3.27. The zero-order valence-corrected chi connectivity index (χ0v) is 9.71. The molecule has 2 fully saturated rings. The van der Waals surface area contributed by atoms with Gasteiger partial charge < -0.3 is 9.64 Å². The molecule has 1 saturated heterocycles. The molecule has 1 saturated carbocycles. The summed E-state index contributed by atoms with van der Waals surface area (Å²) >= 11 is 5.56. The summed E-state index contributed by atoms with van der Waals surface area (Å²) in [4.78, 5) is 13.7. The Labute approximate surface area is 95.7 Å². The highest BCUT2D eigenvalue weighted by Gasteiger charge is 2.34. The molecule has 15 heavy (non-hydrogen) atoms. The standard InChI is InChI=1S/C11H18ClNO2/c12-5-8-15-10-3-6-13(7-4-10)11(14)9-1-2-9/h9-10H,1-8H2. The number of alkyl halides is 1. The molecule has 1 aliphatic carbocycles. The van der Waals surface area contributed by atoms with Crippen molar-refractivity contribution in [2.45, 2.75) is 31.8 Å². The van der Waals surface area contributed by atoms with E-state index >= 15 is 0 Å². The Kier molecular flexibility index (Phi) is 3.87. The van der Waals surface area contributed by atoms with Gasteiger partial charge in [0.25, 0.3) is 0 Å². The van der Waals surface area contributed by atoms with Crippen LogP contribution in [-0.4, -0.2) is 42.5 Å². The molecule has 0 aromatic rings. The first-order valence-corrected chi connectivity index (χ1v) is 6.31. The maximum atomic E-state index is 11.7. The monoisotopic (exact) mass is 231 g/mol. The number of likely N-dealkylation sites (tertiary alicyclic amines) is 1. The number of hydrogen-bond acceptors (Lipinski definition) is 2. The summed E-state index contributed by atoms with van der Waals surface area (Å²) in [6, 6.07) is 0. The fourth-order valence-electron chi connectivity index (χ4n) is 2.04. The van der Waals surface area contributed by atoms with Gasteiger partial charge in [-0.2, -0.15) is 0 Å². The number of carbonyl (C=O) groups is 1. The quantitative estimate of drug-likeness (QED) is 0.689. The second kappa shape index (κ2) is 5.17. The van der Waals surface area contributed by atoms with E-state index in [1.807, 2.05) is 4.90 Å². The van der Waals surface area contributed by atoms with Gasteiger partial charge >= 0.3 is 0 Å². The normalized spacial score (nSPS) is 23.1. The molecule has 0 radical (unpaired) electrons. The van der Waals surface area contributed by atoms with Crippen molar-refractivity contribution < 1.29 is 9.53 Å². The van der Waals surface area contributed by atoms with E-state index in [4.69, 9.17) is 16.3 Å². The number of amides is 1. The summed E-state index contributed by atoms with van der Waals surface area (Å²) in [5.74, 6) is 1.28. The van der Waals surface area contributed by atoms with Gasteiger partial charge in [0.05, 0.1) is 12.7 Å². The molecule has 0 atom stereocenters. The lowest BCUT2D eigenvalue weighted by molar-refractivity contribution is -0.135. The Morgan fingerprint density at radius 2 is 1.93 bits per heavy atom. The van der Waals surface area contributed by atoms with Crippen LogP contribution in [0.25, 0.3) is 0 Å². The van der Waals surface area contributed by atoms with Crippen molar-refractivity contribution in [2.75, 3.05) is 25.6 Å². The maximum Gasteiger partial charge on any atom is 0.225 e. The Morgan fingerprint density at radius 1 is 1.27 bits per heavy atom. The predicted molar refractivity (Wildman–Crippen MR) is 59.0 cm³/mol. The minimum Gasteiger partial charge on any atom is -0.377 e. The minimum atomic E-state index is 0.312. The summed E-state index contributed by atoms with van der Waals surface area (Å²) < 4.78 is 5.57. The van der Waals surface area contributed by atoms with Crippen molar-refractivity contribution in [3.8, 4) is 0 Å². The maximum absolute atomic E-state index is 11.7. The van der Waals surface area contributed by atoms with Gasteiger partial charge in [-0.25, -0.2) is 0 Å². The van der Waals surface area contributed by atoms with Crippen LogP contribution in [0.2, 0.25) is 0 Å². The second-order valence-electron chi connectivity index (χ2n) is 4.36. The lowest BCUT2D eigenvalue weighted by Crippen LogP contribution is -2.41. The number of nitrogens with zero attached hydrogens (tertiary/aromatic N) is 1. The number of rotatable bonds is 4. The largest absolute Gasteiger partial charge is 0.377 e. The van der Waals surface area contributed by atoms with Gasteiger partial charge in [0.15, 0.2) is 0 Å². The van der Waals surface area contributed by atoms with Crippen molar-refractivity contribution in [3.05, 3.63) is 0 Å². The first kappa shape index (κ1) is 11.2. The highest BCUT2D eigenvalue weighted by molar-refractivity contribution is 6.17. The van der Waals surface area contributed by atoms with Gasteiger partial charge in [-0.15, -0.1) is 11.6 Å². The van der Waals surface area contributed by atoms with Crippen molar-refractivity contribution in [1.29, 1.82) is 0 Å². The Morgan fingerprint density at radius 3 is 2.47 bits per heavy atom. The minimum absolute atomic E-state index is 0.312. The van der Waals surface area contributed by atoms with Crippen LogP contribution >= 0.6 is 11.6 Å². The van der Waals surface area contributed by atoms with E-state index in [9.17, 15) is 4.79 Å². The van der Waals surface area contributed by atoms with Crippen LogP contribution in [0, 0.1) is 5.92 Å². The number of piperidine rings is 1. The fourth-order valence-corrected chi connectivity index (χ4v) is 2.13. The van der Waals surface area contributed by atoms with E-state index in [1.54, 1.807) is 0 Å². The summed E-state index contributed by atoms with van der Waals surface area (Å²) in [7, 11) is 0. The summed E-state index contributed by atoms with van der Waals surface area (Å²) in [6.45, 7) is 2.35. The molecule has 4 heteroatoms. The van der Waals surface area contributed by atoms with E-state index in [0.29, 0.717) is 30.4 Å². The molecule has 0 aromatic heterocycles. The van der Waals surface area contributed by atoms with Gasteiger partial charge in [-0.3, -0.25) is 4.79 Å². The first-order chi connectivity index (χ1) is 7.31. The lowest BCUT2D eigenvalue weighted by Gasteiger charge is -2.32. The summed E-state index contributed by atoms with van der Waals surface area (Å²) in [5.41, 5.74) is 0. The highest BCUT2D eigenvalue weighted by atomic mass is 35.5. The van der Waals surface area contributed by atoms with E-state index < -0.39 is 0 Å². The van der Waals surface area contributed by atoms with E-state index in [0.717, 1.165) is 38.8 Å². The predicted octanol–water partition coefficient (Wildman–Crippen LogP) is 1.64. The molecule has 86 valence electrons. The Hall–Kier alpha value is -0.280. The third kappa shape index (κ3) is 3.08. The number of carbonyl (C=O) groups excluding carboxylic acids is 1. The molecule has 0 N–H and O–H groups in total. The number of halogens is 1. The van der Waals surface area contributed by atoms with Gasteiger partial charge in [0, 0.05) is 24.9 Å². The molecular weight excluding hydrogens is 214 g/mol. The summed E-state index contributed by atoms with van der Waals surface area (Å²) in [6.07, 6.45) is 4.44. The lowest BCUT2D eigenvalue weighted by atomic mass is 10.1. The zero-order chi connectivity index (χ0) is 10.7. The molecule has 1 amide bonds. The highest BCUT2D eigenvalue weighted by Crippen LogP contribution is 2.32. The molecule has 1 aliphatic heterocycles.